The van der Waals surface area contributed by atoms with Crippen molar-refractivity contribution in [2.45, 2.75) is 51.9 Å². The predicted molar refractivity (Wildman–Crippen MR) is 101 cm³/mol. The van der Waals surface area contributed by atoms with Crippen LogP contribution >= 0.6 is 11.3 Å². The van der Waals surface area contributed by atoms with Crippen molar-refractivity contribution in [3.63, 3.8) is 0 Å². The van der Waals surface area contributed by atoms with Crippen LogP contribution in [0.15, 0.2) is 35.4 Å². The second kappa shape index (κ2) is 6.89. The number of carbonyl (C=O) groups excluding carboxylic acids is 1. The Morgan fingerprint density at radius 2 is 1.88 bits per heavy atom. The van der Waals surface area contributed by atoms with Crippen LogP contribution in [0.3, 0.4) is 0 Å². The summed E-state index contributed by atoms with van der Waals surface area (Å²) in [5.74, 6) is -0.114. The Balaban J connectivity index is 1.61. The summed E-state index contributed by atoms with van der Waals surface area (Å²) in [7, 11) is 0. The van der Waals surface area contributed by atoms with Crippen LogP contribution in [0.2, 0.25) is 0 Å². The molecule has 1 amide bonds. The second-order valence-electron chi connectivity index (χ2n) is 7.34. The highest BCUT2D eigenvalue weighted by Gasteiger charge is 2.17. The maximum absolute atomic E-state index is 12.2. The van der Waals surface area contributed by atoms with Crippen LogP contribution in [-0.4, -0.2) is 12.1 Å². The summed E-state index contributed by atoms with van der Waals surface area (Å²) >= 11 is 1.61. The fraction of sp³-hybridized carbons (Fsp3) is 0.400. The van der Waals surface area contributed by atoms with E-state index in [4.69, 9.17) is 0 Å². The number of aryl methyl sites for hydroxylation is 2. The quantitative estimate of drug-likeness (QED) is 0.639. The van der Waals surface area contributed by atoms with Gasteiger partial charge in [-0.3, -0.25) is 4.79 Å². The molecule has 0 spiro atoms. The largest absolute Gasteiger partial charge is 0.281 e. The van der Waals surface area contributed by atoms with Gasteiger partial charge in [0.1, 0.15) is 0 Å². The summed E-state index contributed by atoms with van der Waals surface area (Å²) in [4.78, 5) is 14.4. The number of rotatable bonds is 3. The lowest BCUT2D eigenvalue weighted by Crippen LogP contribution is -2.16. The molecule has 1 aliphatic carbocycles. The fourth-order valence-electron chi connectivity index (χ4n) is 2.89. The lowest BCUT2D eigenvalue weighted by Gasteiger charge is -2.18. The molecule has 0 atom stereocenters. The first-order valence-corrected chi connectivity index (χ1v) is 9.31. The lowest BCUT2D eigenvalue weighted by atomic mass is 9.87. The monoisotopic (exact) mass is 340 g/mol. The number of hydrogen-bond donors (Lipinski definition) is 1. The number of amides is 1. The van der Waals surface area contributed by atoms with Crippen LogP contribution in [0.5, 0.6) is 0 Å². The summed E-state index contributed by atoms with van der Waals surface area (Å²) in [5, 5.41) is 4.10. The van der Waals surface area contributed by atoms with Gasteiger partial charge in [-0.15, -0.1) is 11.3 Å². The Labute approximate surface area is 147 Å². The van der Waals surface area contributed by atoms with Crippen LogP contribution in [0, 0.1) is 0 Å². The van der Waals surface area contributed by atoms with E-state index in [-0.39, 0.29) is 11.3 Å². The minimum atomic E-state index is -0.114. The van der Waals surface area contributed by atoms with Gasteiger partial charge in [0.15, 0.2) is 0 Å². The summed E-state index contributed by atoms with van der Waals surface area (Å²) in [6, 6.07) is 10.3. The first kappa shape index (κ1) is 16.9. The van der Waals surface area contributed by atoms with Gasteiger partial charge in [0.05, 0.1) is 11.1 Å². The third-order valence-electron chi connectivity index (χ3n) is 4.38. The molecule has 1 N–H and O–H groups in total. The van der Waals surface area contributed by atoms with Gasteiger partial charge >= 0.3 is 0 Å². The SMILES string of the molecule is CC(C)(C)c1ccc(C=NNC(=O)c2cc3c(s2)CCCC3)cc1. The molecular weight excluding hydrogens is 316 g/mol. The van der Waals surface area contributed by atoms with Gasteiger partial charge in [-0.25, -0.2) is 5.43 Å². The molecule has 126 valence electrons. The minimum Gasteiger partial charge on any atom is -0.266 e. The molecule has 1 aliphatic rings. The number of benzene rings is 1. The molecule has 1 aromatic heterocycles. The predicted octanol–water partition coefficient (Wildman–Crippen LogP) is 4.69. The van der Waals surface area contributed by atoms with Crippen molar-refractivity contribution in [3.8, 4) is 0 Å². The van der Waals surface area contributed by atoms with E-state index < -0.39 is 0 Å². The molecule has 3 nitrogen and oxygen atoms in total. The molecule has 4 heteroatoms. The van der Waals surface area contributed by atoms with Gasteiger partial charge in [-0.2, -0.15) is 5.10 Å². The third kappa shape index (κ3) is 3.93. The van der Waals surface area contributed by atoms with Gasteiger partial charge < -0.3 is 0 Å². The van der Waals surface area contributed by atoms with E-state index in [2.05, 4.69) is 43.4 Å². The fourth-order valence-corrected chi connectivity index (χ4v) is 4.04. The smallest absolute Gasteiger partial charge is 0.266 e. The molecular formula is C20H24N2OS. The van der Waals surface area contributed by atoms with Crippen molar-refractivity contribution in [2.24, 2.45) is 5.10 Å². The average molecular weight is 340 g/mol. The van der Waals surface area contributed by atoms with Crippen molar-refractivity contribution in [2.75, 3.05) is 0 Å². The zero-order valence-corrected chi connectivity index (χ0v) is 15.4. The maximum atomic E-state index is 12.2. The minimum absolute atomic E-state index is 0.114. The first-order chi connectivity index (χ1) is 11.4. The molecule has 0 aliphatic heterocycles. The Morgan fingerprint density at radius 3 is 2.54 bits per heavy atom. The zero-order valence-electron chi connectivity index (χ0n) is 14.6. The van der Waals surface area contributed by atoms with Gasteiger partial charge in [-0.1, -0.05) is 45.0 Å². The summed E-state index contributed by atoms with van der Waals surface area (Å²) in [5.41, 5.74) is 6.39. The highest BCUT2D eigenvalue weighted by atomic mass is 32.1. The third-order valence-corrected chi connectivity index (χ3v) is 5.61. The molecule has 0 fully saturated rings. The molecule has 0 radical (unpaired) electrons. The van der Waals surface area contributed by atoms with Crippen molar-refractivity contribution in [1.82, 2.24) is 5.43 Å². The molecule has 3 rings (SSSR count). The number of hydrazone groups is 1. The molecule has 0 saturated carbocycles. The molecule has 1 heterocycles. The van der Waals surface area contributed by atoms with Gasteiger partial charge in [-0.05, 0) is 53.9 Å². The molecule has 1 aromatic carbocycles. The van der Waals surface area contributed by atoms with E-state index in [0.29, 0.717) is 0 Å². The highest BCUT2D eigenvalue weighted by molar-refractivity contribution is 7.14. The van der Waals surface area contributed by atoms with Gasteiger partial charge in [0, 0.05) is 4.88 Å². The second-order valence-corrected chi connectivity index (χ2v) is 8.47. The Morgan fingerprint density at radius 1 is 1.17 bits per heavy atom. The average Bonchev–Trinajstić information content (AvgIpc) is 2.98. The van der Waals surface area contributed by atoms with E-state index in [9.17, 15) is 4.79 Å². The number of carbonyl (C=O) groups is 1. The Hall–Kier alpha value is -1.94. The molecule has 0 unspecified atom stereocenters. The highest BCUT2D eigenvalue weighted by Crippen LogP contribution is 2.29. The summed E-state index contributed by atoms with van der Waals surface area (Å²) in [6.45, 7) is 6.57. The molecule has 0 saturated heterocycles. The number of hydrogen-bond acceptors (Lipinski definition) is 3. The van der Waals surface area contributed by atoms with Crippen LogP contribution < -0.4 is 5.43 Å². The van der Waals surface area contributed by atoms with E-state index in [1.54, 1.807) is 17.6 Å². The number of thiophene rings is 1. The molecule has 24 heavy (non-hydrogen) atoms. The first-order valence-electron chi connectivity index (χ1n) is 8.49. The van der Waals surface area contributed by atoms with Crippen LogP contribution in [0.4, 0.5) is 0 Å². The van der Waals surface area contributed by atoms with Crippen molar-refractivity contribution in [1.29, 1.82) is 0 Å². The molecule has 2 aromatic rings. The van der Waals surface area contributed by atoms with Crippen LogP contribution in [0.25, 0.3) is 0 Å². The normalized spacial score (nSPS) is 14.6. The topological polar surface area (TPSA) is 41.5 Å². The summed E-state index contributed by atoms with van der Waals surface area (Å²) in [6.07, 6.45) is 6.36. The lowest BCUT2D eigenvalue weighted by molar-refractivity contribution is 0.0959. The maximum Gasteiger partial charge on any atom is 0.281 e. The van der Waals surface area contributed by atoms with Crippen LogP contribution in [0.1, 0.15) is 64.9 Å². The zero-order chi connectivity index (χ0) is 17.2. The van der Waals surface area contributed by atoms with Crippen molar-refractivity contribution >= 4 is 23.5 Å². The van der Waals surface area contributed by atoms with E-state index in [1.807, 2.05) is 18.2 Å². The van der Waals surface area contributed by atoms with Crippen molar-refractivity contribution < 1.29 is 4.79 Å². The van der Waals surface area contributed by atoms with E-state index in [1.165, 1.54) is 28.8 Å². The number of nitrogens with zero attached hydrogens (tertiary/aromatic N) is 1. The number of fused-ring (bicyclic) bond motifs is 1. The van der Waals surface area contributed by atoms with E-state index >= 15 is 0 Å². The number of nitrogens with one attached hydrogen (secondary N) is 1. The summed E-state index contributed by atoms with van der Waals surface area (Å²) < 4.78 is 0. The van der Waals surface area contributed by atoms with Crippen LogP contribution in [-0.2, 0) is 18.3 Å². The Bertz CT molecular complexity index is 727. The van der Waals surface area contributed by atoms with Crippen molar-refractivity contribution in [3.05, 3.63) is 56.8 Å². The molecule has 0 bridgehead atoms. The Kier molecular flexibility index (Phi) is 4.86. The standard InChI is InChI=1S/C20H24N2OS/c1-20(2,3)16-10-8-14(9-11-16)13-21-22-19(23)18-12-15-6-4-5-7-17(15)24-18/h8-13H,4-7H2,1-3H3,(H,22,23). The van der Waals surface area contributed by atoms with E-state index in [0.717, 1.165) is 23.3 Å². The van der Waals surface area contributed by atoms with Gasteiger partial charge in [0.25, 0.3) is 5.91 Å². The van der Waals surface area contributed by atoms with Gasteiger partial charge in [0.2, 0.25) is 0 Å².